The van der Waals surface area contributed by atoms with Crippen LogP contribution in [0.3, 0.4) is 0 Å². The zero-order valence-corrected chi connectivity index (χ0v) is 14.7. The van der Waals surface area contributed by atoms with E-state index in [9.17, 15) is 14.7 Å². The standard InChI is InChI=1S/C18H21N3O4/c1-10(2)9-21-17(23)14-15(20(3)18(21)24)16(22)13(19-14)11-5-7-12(25-4)8-6-11/h5-8,10,19,22H,9H2,1-4H3. The number of aromatic hydroxyl groups is 1. The predicted octanol–water partition coefficient (Wildman–Crippen LogP) is 2.07. The minimum atomic E-state index is -0.443. The lowest BCUT2D eigenvalue weighted by atomic mass is 10.1. The van der Waals surface area contributed by atoms with Crippen LogP contribution in [0.4, 0.5) is 0 Å². The molecule has 0 saturated carbocycles. The average Bonchev–Trinajstić information content (AvgIpc) is 2.94. The molecule has 0 unspecified atom stereocenters. The van der Waals surface area contributed by atoms with Gasteiger partial charge in [-0.3, -0.25) is 13.9 Å². The van der Waals surface area contributed by atoms with Crippen LogP contribution in [0.15, 0.2) is 33.9 Å². The number of H-pyrrole nitrogens is 1. The molecule has 132 valence electrons. The van der Waals surface area contributed by atoms with Crippen molar-refractivity contribution < 1.29 is 9.84 Å². The van der Waals surface area contributed by atoms with E-state index in [1.807, 2.05) is 13.8 Å². The summed E-state index contributed by atoms with van der Waals surface area (Å²) in [7, 11) is 3.12. The van der Waals surface area contributed by atoms with Gasteiger partial charge in [0, 0.05) is 19.2 Å². The van der Waals surface area contributed by atoms with Crippen molar-refractivity contribution in [2.75, 3.05) is 7.11 Å². The van der Waals surface area contributed by atoms with Gasteiger partial charge in [-0.15, -0.1) is 0 Å². The van der Waals surface area contributed by atoms with Gasteiger partial charge in [-0.05, 0) is 30.2 Å². The Morgan fingerprint density at radius 2 is 1.84 bits per heavy atom. The van der Waals surface area contributed by atoms with Crippen molar-refractivity contribution >= 4 is 11.0 Å². The minimum absolute atomic E-state index is 0.117. The monoisotopic (exact) mass is 343 g/mol. The molecule has 3 aromatic rings. The molecule has 7 nitrogen and oxygen atoms in total. The summed E-state index contributed by atoms with van der Waals surface area (Å²) in [5.74, 6) is 0.715. The van der Waals surface area contributed by atoms with E-state index in [0.29, 0.717) is 23.6 Å². The molecule has 2 heterocycles. The van der Waals surface area contributed by atoms with Crippen molar-refractivity contribution in [3.8, 4) is 22.8 Å². The molecule has 0 spiro atoms. The number of benzene rings is 1. The summed E-state index contributed by atoms with van der Waals surface area (Å²) in [6.45, 7) is 4.19. The largest absolute Gasteiger partial charge is 0.504 e. The first kappa shape index (κ1) is 16.9. The third-order valence-electron chi connectivity index (χ3n) is 4.19. The Balaban J connectivity index is 2.29. The van der Waals surface area contributed by atoms with Gasteiger partial charge in [-0.1, -0.05) is 13.8 Å². The zero-order chi connectivity index (χ0) is 18.3. The van der Waals surface area contributed by atoms with E-state index >= 15 is 0 Å². The molecule has 0 amide bonds. The molecule has 25 heavy (non-hydrogen) atoms. The van der Waals surface area contributed by atoms with E-state index < -0.39 is 11.2 Å². The SMILES string of the molecule is COc1ccc(-c2[nH]c3c(=O)n(CC(C)C)c(=O)n(C)c3c2O)cc1. The maximum atomic E-state index is 12.7. The molecule has 0 aliphatic heterocycles. The van der Waals surface area contributed by atoms with Crippen LogP contribution in [0.2, 0.25) is 0 Å². The van der Waals surface area contributed by atoms with E-state index in [-0.39, 0.29) is 22.7 Å². The van der Waals surface area contributed by atoms with Crippen molar-refractivity contribution in [3.63, 3.8) is 0 Å². The summed E-state index contributed by atoms with van der Waals surface area (Å²) in [6.07, 6.45) is 0. The van der Waals surface area contributed by atoms with E-state index in [1.54, 1.807) is 38.4 Å². The van der Waals surface area contributed by atoms with Crippen LogP contribution in [0, 0.1) is 5.92 Å². The number of aryl methyl sites for hydroxylation is 1. The van der Waals surface area contributed by atoms with Gasteiger partial charge in [-0.25, -0.2) is 4.79 Å². The molecule has 3 rings (SSSR count). The van der Waals surface area contributed by atoms with E-state index in [0.717, 1.165) is 0 Å². The highest BCUT2D eigenvalue weighted by molar-refractivity contribution is 5.90. The van der Waals surface area contributed by atoms with Gasteiger partial charge < -0.3 is 14.8 Å². The number of hydrogen-bond acceptors (Lipinski definition) is 4. The number of fused-ring (bicyclic) bond motifs is 1. The fraction of sp³-hybridized carbons (Fsp3) is 0.333. The molecular weight excluding hydrogens is 322 g/mol. The Kier molecular flexibility index (Phi) is 4.16. The molecule has 7 heteroatoms. The molecule has 1 aromatic carbocycles. The summed E-state index contributed by atoms with van der Waals surface area (Å²) in [4.78, 5) is 28.2. The van der Waals surface area contributed by atoms with Crippen molar-refractivity contribution in [1.82, 2.24) is 14.1 Å². The van der Waals surface area contributed by atoms with Gasteiger partial charge in [0.25, 0.3) is 5.56 Å². The molecule has 0 fully saturated rings. The van der Waals surface area contributed by atoms with Crippen LogP contribution in [-0.4, -0.2) is 26.3 Å². The highest BCUT2D eigenvalue weighted by Gasteiger charge is 2.20. The first-order chi connectivity index (χ1) is 11.8. The molecule has 0 radical (unpaired) electrons. The van der Waals surface area contributed by atoms with Crippen LogP contribution in [-0.2, 0) is 13.6 Å². The van der Waals surface area contributed by atoms with Crippen molar-refractivity contribution in [1.29, 1.82) is 0 Å². The van der Waals surface area contributed by atoms with Gasteiger partial charge in [-0.2, -0.15) is 0 Å². The predicted molar refractivity (Wildman–Crippen MR) is 96.3 cm³/mol. The first-order valence-electron chi connectivity index (χ1n) is 8.04. The third-order valence-corrected chi connectivity index (χ3v) is 4.19. The highest BCUT2D eigenvalue weighted by atomic mass is 16.5. The van der Waals surface area contributed by atoms with Gasteiger partial charge in [0.15, 0.2) is 5.75 Å². The fourth-order valence-electron chi connectivity index (χ4n) is 2.95. The van der Waals surface area contributed by atoms with Gasteiger partial charge in [0.2, 0.25) is 0 Å². The summed E-state index contributed by atoms with van der Waals surface area (Å²) in [5, 5.41) is 10.6. The molecule has 0 atom stereocenters. The Bertz CT molecular complexity index is 1040. The number of aromatic nitrogens is 3. The average molecular weight is 343 g/mol. The molecule has 0 aliphatic carbocycles. The van der Waals surface area contributed by atoms with Crippen molar-refractivity contribution in [2.24, 2.45) is 13.0 Å². The molecule has 0 saturated heterocycles. The zero-order valence-electron chi connectivity index (χ0n) is 14.7. The number of hydrogen-bond donors (Lipinski definition) is 2. The normalized spacial score (nSPS) is 11.4. The summed E-state index contributed by atoms with van der Waals surface area (Å²) in [5.41, 5.74) is 0.638. The van der Waals surface area contributed by atoms with Crippen LogP contribution in [0.25, 0.3) is 22.3 Å². The second-order valence-electron chi connectivity index (χ2n) is 6.45. The number of nitrogens with one attached hydrogen (secondary N) is 1. The Labute approximate surface area is 144 Å². The molecule has 0 aliphatic rings. The smallest absolute Gasteiger partial charge is 0.331 e. The molecule has 0 bridgehead atoms. The van der Waals surface area contributed by atoms with Crippen molar-refractivity contribution in [2.45, 2.75) is 20.4 Å². The maximum absolute atomic E-state index is 12.7. The summed E-state index contributed by atoms with van der Waals surface area (Å²) < 4.78 is 7.63. The van der Waals surface area contributed by atoms with E-state index in [4.69, 9.17) is 4.74 Å². The lowest BCUT2D eigenvalue weighted by molar-refractivity contribution is 0.415. The Morgan fingerprint density at radius 3 is 2.40 bits per heavy atom. The highest BCUT2D eigenvalue weighted by Crippen LogP contribution is 2.34. The quantitative estimate of drug-likeness (QED) is 0.759. The lowest BCUT2D eigenvalue weighted by Gasteiger charge is -2.10. The van der Waals surface area contributed by atoms with Gasteiger partial charge >= 0.3 is 5.69 Å². The minimum Gasteiger partial charge on any atom is -0.504 e. The Morgan fingerprint density at radius 1 is 1.20 bits per heavy atom. The number of methoxy groups -OCH3 is 1. The number of aromatic amines is 1. The third kappa shape index (κ3) is 2.71. The number of ether oxygens (including phenoxy) is 1. The summed E-state index contributed by atoms with van der Waals surface area (Å²) in [6, 6.07) is 7.06. The van der Waals surface area contributed by atoms with Crippen LogP contribution in [0.5, 0.6) is 11.5 Å². The van der Waals surface area contributed by atoms with Gasteiger partial charge in [0.05, 0.1) is 12.8 Å². The molecular formula is C18H21N3O4. The molecule has 2 N–H and O–H groups in total. The lowest BCUT2D eigenvalue weighted by Crippen LogP contribution is -2.40. The number of nitrogens with zero attached hydrogens (tertiary/aromatic N) is 2. The van der Waals surface area contributed by atoms with Crippen LogP contribution in [0.1, 0.15) is 13.8 Å². The Hall–Kier alpha value is -2.96. The second-order valence-corrected chi connectivity index (χ2v) is 6.45. The van der Waals surface area contributed by atoms with Crippen molar-refractivity contribution in [3.05, 3.63) is 45.1 Å². The number of rotatable bonds is 4. The van der Waals surface area contributed by atoms with Crippen LogP contribution < -0.4 is 16.0 Å². The topological polar surface area (TPSA) is 89.3 Å². The van der Waals surface area contributed by atoms with Gasteiger partial charge in [0.1, 0.15) is 16.8 Å². The van der Waals surface area contributed by atoms with Crippen LogP contribution >= 0.6 is 0 Å². The fourth-order valence-corrected chi connectivity index (χ4v) is 2.95. The second kappa shape index (κ2) is 6.16. The van der Waals surface area contributed by atoms with E-state index in [1.165, 1.54) is 9.13 Å². The maximum Gasteiger partial charge on any atom is 0.331 e. The summed E-state index contributed by atoms with van der Waals surface area (Å²) >= 11 is 0. The molecule has 2 aromatic heterocycles. The first-order valence-corrected chi connectivity index (χ1v) is 8.04. The van der Waals surface area contributed by atoms with E-state index in [2.05, 4.69) is 4.98 Å².